The first kappa shape index (κ1) is 113. The van der Waals surface area contributed by atoms with Crippen LogP contribution in [0.2, 0.25) is 0 Å². The maximum Gasteiger partial charge on any atom is 0.305 e. The van der Waals surface area contributed by atoms with Crippen LogP contribution in [0.5, 0.6) is 0 Å². The van der Waals surface area contributed by atoms with E-state index in [1.54, 1.807) is 27.7 Å². The summed E-state index contributed by atoms with van der Waals surface area (Å²) in [5.74, 6) is -28.0. The molecule has 0 radical (unpaired) electrons. The molecule has 30 N–H and O–H groups in total. The van der Waals surface area contributed by atoms with Gasteiger partial charge in [0.05, 0.1) is 70.3 Å². The lowest BCUT2D eigenvalue weighted by Crippen LogP contribution is -2.62. The van der Waals surface area contributed by atoms with Gasteiger partial charge in [0.15, 0.2) is 0 Å². The van der Waals surface area contributed by atoms with Gasteiger partial charge in [0.2, 0.25) is 124 Å². The number of halogens is 1. The maximum absolute atomic E-state index is 14.1. The number of alkyl halides is 1. The number of unbranched alkanes of at least 4 members (excludes halogenated alkanes) is 1. The van der Waals surface area contributed by atoms with Crippen molar-refractivity contribution in [1.82, 2.24) is 101 Å². The van der Waals surface area contributed by atoms with Gasteiger partial charge in [-0.15, -0.1) is 0 Å². The first-order valence-electron chi connectivity index (χ1n) is 39.7. The van der Waals surface area contributed by atoms with Crippen molar-refractivity contribution in [3.8, 4) is 0 Å². The molecule has 704 valence electrons. The van der Waals surface area contributed by atoms with Crippen molar-refractivity contribution in [2.75, 3.05) is 64.3 Å². The number of aliphatic hydroxyl groups excluding tert-OH is 2. The highest BCUT2D eigenvalue weighted by Gasteiger charge is 2.39. The molecule has 0 saturated carbocycles. The number of carboxylic acid groups (broad SMARTS) is 3. The van der Waals surface area contributed by atoms with Gasteiger partial charge in [-0.25, -0.2) is 0 Å². The summed E-state index contributed by atoms with van der Waals surface area (Å²) >= 11 is 2.84. The summed E-state index contributed by atoms with van der Waals surface area (Å²) < 4.78 is 0. The van der Waals surface area contributed by atoms with Crippen LogP contribution in [0.1, 0.15) is 146 Å². The van der Waals surface area contributed by atoms with Gasteiger partial charge in [-0.05, 0) is 89.0 Å². The lowest BCUT2D eigenvalue weighted by molar-refractivity contribution is -0.141. The normalized spacial score (nSPS) is 14.3. The SMILES string of the molecule is CC[C@H](C)[C@H](NC(=O)[C@H](CC(C)C)NC(=O)CNC(=O)[C@@H](NC(=O)[C@H](CO)NC(=O)[C@@H](NC(=O)[C@@H](NC(=O)CNC(=O)CNC(=O)[C@H](C)NC(=O)[C@H](CCCCN)NC(=O)[C@H](CCC(=O)O)NC(=O)[C@H](CCC(=O)O)NC(=O)[C@H](CCC(N)=O)NC(=O)CNC(=O)[C@H](CC(=O)O)NC(=O)CBr)C(C)C)C(C)C)[C@@H](C)O)C(=O)NCC(=O)NCC(=O)NCC(N)=O. The minimum Gasteiger partial charge on any atom is -0.481 e. The van der Waals surface area contributed by atoms with Crippen LogP contribution in [0.4, 0.5) is 0 Å². The van der Waals surface area contributed by atoms with E-state index in [0.29, 0.717) is 6.42 Å². The number of hydrogen-bond donors (Lipinski definition) is 27. The molecule has 52 heteroatoms. The number of carbonyl (C=O) groups excluding carboxylic acids is 21. The molecule has 0 heterocycles. The summed E-state index contributed by atoms with van der Waals surface area (Å²) in [6.07, 6.45) is -6.33. The standard InChI is InChI=1S/C73H121BrN22O29/c1-11-36(8)60(70(122)83-28-51(104)79-26-49(102)78-25-47(77)100)95-68(120)43(22-33(2)3)88-53(106)31-84-71(123)61(38(10)98)96-69(121)45(32-97)92-72(124)59(35(6)7)94-73(125)58(34(4)5)93-54(107)29-80-50(103)27-81-62(114)37(9)85-64(116)39(14-12-13-21-75)89-66(118)41(16-19-55(108)109)91-67(119)42(17-20-56(110)111)90-65(117)40(15-18-46(76)99)86-52(105)30-82-63(115)44(23-57(112)113)87-48(101)24-74/h33-45,58-61,97-98H,11-32,75H2,1-10H3,(H2,76,99)(H2,77,100)(H,78,102)(H,79,104)(H,80,103)(H,81,114)(H,82,115)(H,83,122)(H,84,123)(H,85,116)(H,86,105)(H,87,101)(H,88,106)(H,89,118)(H,90,117)(H,91,119)(H,92,124)(H,93,107)(H,94,125)(H,95,120)(H,96,121)(H,108,109)(H,110,111)(H,112,113)/t36-,37-,38+,39-,40-,41-,42-,43-,44-,45-,58-,59-,60-,61-/m0/s1. The number of hydrogen-bond acceptors (Lipinski definition) is 27. The maximum atomic E-state index is 14.1. The molecule has 125 heavy (non-hydrogen) atoms. The Bertz CT molecular complexity index is 3800. The summed E-state index contributed by atoms with van der Waals surface area (Å²) in [6.45, 7) is 8.87. The Labute approximate surface area is 726 Å². The van der Waals surface area contributed by atoms with Crippen LogP contribution in [0.15, 0.2) is 0 Å². The van der Waals surface area contributed by atoms with Crippen LogP contribution >= 0.6 is 15.9 Å². The Balaban J connectivity index is 6.15. The van der Waals surface area contributed by atoms with E-state index in [9.17, 15) is 141 Å². The molecular formula is C73H121BrN22O29. The second-order valence-corrected chi connectivity index (χ2v) is 30.4. The number of nitrogens with two attached hydrogens (primary N) is 3. The van der Waals surface area contributed by atoms with Gasteiger partial charge in [0.25, 0.3) is 0 Å². The summed E-state index contributed by atoms with van der Waals surface area (Å²) in [6, 6.07) is -19.5. The second-order valence-electron chi connectivity index (χ2n) is 29.8. The van der Waals surface area contributed by atoms with Gasteiger partial charge >= 0.3 is 17.9 Å². The molecule has 0 aromatic heterocycles. The van der Waals surface area contributed by atoms with Crippen molar-refractivity contribution in [2.24, 2.45) is 40.9 Å². The number of primary amides is 2. The predicted octanol–water partition coefficient (Wildman–Crippen LogP) is -12.1. The molecule has 21 amide bonds. The molecular weight excluding hydrogens is 1730 g/mol. The highest BCUT2D eigenvalue weighted by Crippen LogP contribution is 2.14. The molecule has 0 saturated heterocycles. The van der Waals surface area contributed by atoms with Gasteiger partial charge in [-0.1, -0.05) is 77.7 Å². The molecule has 0 rings (SSSR count). The van der Waals surface area contributed by atoms with Crippen LogP contribution in [0, 0.1) is 23.7 Å². The number of amides is 21. The smallest absolute Gasteiger partial charge is 0.305 e. The highest BCUT2D eigenvalue weighted by atomic mass is 79.9. The monoisotopic (exact) mass is 1850 g/mol. The van der Waals surface area contributed by atoms with E-state index in [-0.39, 0.29) is 43.5 Å². The molecule has 0 aromatic rings. The van der Waals surface area contributed by atoms with Crippen molar-refractivity contribution < 1.29 is 141 Å². The summed E-state index contributed by atoms with van der Waals surface area (Å²) in [7, 11) is 0. The third-order valence-electron chi connectivity index (χ3n) is 18.0. The quantitative estimate of drug-likeness (QED) is 0.0199. The number of carboxylic acids is 3. The van der Waals surface area contributed by atoms with Crippen LogP contribution in [-0.4, -0.2) is 310 Å². The van der Waals surface area contributed by atoms with E-state index >= 15 is 0 Å². The topological polar surface area (TPSA) is 817 Å². The van der Waals surface area contributed by atoms with Crippen LogP contribution in [0.3, 0.4) is 0 Å². The lowest BCUT2D eigenvalue weighted by atomic mass is 9.96. The molecule has 0 aliphatic heterocycles. The molecule has 51 nitrogen and oxygen atoms in total. The average molecular weight is 1850 g/mol. The van der Waals surface area contributed by atoms with E-state index < -0.39 is 336 Å². The molecule has 0 unspecified atom stereocenters. The molecule has 0 bridgehead atoms. The molecule has 0 aliphatic rings. The summed E-state index contributed by atoms with van der Waals surface area (Å²) in [4.78, 5) is 310. The number of rotatable bonds is 62. The largest absolute Gasteiger partial charge is 0.481 e. The Morgan fingerprint density at radius 3 is 1.13 bits per heavy atom. The van der Waals surface area contributed by atoms with Gasteiger partial charge < -0.3 is 144 Å². The zero-order chi connectivity index (χ0) is 95.7. The minimum atomic E-state index is -1.91. The van der Waals surface area contributed by atoms with Crippen LogP contribution < -0.4 is 118 Å². The van der Waals surface area contributed by atoms with E-state index in [0.717, 1.165) is 13.8 Å². The molecule has 0 spiro atoms. The van der Waals surface area contributed by atoms with E-state index in [1.165, 1.54) is 27.7 Å². The Morgan fingerprint density at radius 2 is 0.688 bits per heavy atom. The van der Waals surface area contributed by atoms with Gasteiger partial charge in [0.1, 0.15) is 72.5 Å². The second kappa shape index (κ2) is 59.4. The zero-order valence-electron chi connectivity index (χ0n) is 71.0. The first-order chi connectivity index (χ1) is 58.4. The van der Waals surface area contributed by atoms with Crippen LogP contribution in [-0.2, 0) is 115 Å². The van der Waals surface area contributed by atoms with Crippen molar-refractivity contribution in [1.29, 1.82) is 0 Å². The Morgan fingerprint density at radius 1 is 0.328 bits per heavy atom. The zero-order valence-corrected chi connectivity index (χ0v) is 72.6. The average Bonchev–Trinajstić information content (AvgIpc) is 0.847. The fourth-order valence-corrected chi connectivity index (χ4v) is 11.1. The Kier molecular flexibility index (Phi) is 53.6. The fourth-order valence-electron chi connectivity index (χ4n) is 10.9. The molecule has 14 atom stereocenters. The Hall–Kier alpha value is -12.4. The minimum absolute atomic E-state index is 0.00967. The van der Waals surface area contributed by atoms with Gasteiger partial charge in [-0.3, -0.25) is 115 Å². The fraction of sp³-hybridized carbons (Fsp3) is 0.671. The summed E-state index contributed by atoms with van der Waals surface area (Å²) in [5, 5.41) is 92.3. The van der Waals surface area contributed by atoms with Gasteiger partial charge in [-0.2, -0.15) is 0 Å². The van der Waals surface area contributed by atoms with Crippen molar-refractivity contribution in [3.63, 3.8) is 0 Å². The number of aliphatic hydroxyl groups is 2. The van der Waals surface area contributed by atoms with Crippen molar-refractivity contribution in [2.45, 2.75) is 225 Å². The summed E-state index contributed by atoms with van der Waals surface area (Å²) in [5.41, 5.74) is 15.9. The van der Waals surface area contributed by atoms with E-state index in [2.05, 4.69) is 117 Å². The third kappa shape index (κ3) is 47.2. The molecule has 0 fully saturated rings. The number of aliphatic carboxylic acids is 3. The first-order valence-corrected chi connectivity index (χ1v) is 40.8. The predicted molar refractivity (Wildman–Crippen MR) is 438 cm³/mol. The van der Waals surface area contributed by atoms with Gasteiger partial charge in [0, 0.05) is 19.3 Å². The van der Waals surface area contributed by atoms with Crippen molar-refractivity contribution >= 4 is 158 Å². The lowest BCUT2D eigenvalue weighted by Gasteiger charge is -2.29. The number of nitrogens with one attached hydrogen (secondary N) is 19. The van der Waals surface area contributed by atoms with E-state index in [4.69, 9.17) is 17.2 Å². The number of carbonyl (C=O) groups is 24. The van der Waals surface area contributed by atoms with Crippen LogP contribution in [0.25, 0.3) is 0 Å². The molecule has 0 aromatic carbocycles. The van der Waals surface area contributed by atoms with E-state index in [1.807, 2.05) is 0 Å². The molecule has 0 aliphatic carbocycles. The highest BCUT2D eigenvalue weighted by molar-refractivity contribution is 9.09. The third-order valence-corrected chi connectivity index (χ3v) is 18.5. The van der Waals surface area contributed by atoms with Crippen molar-refractivity contribution in [3.05, 3.63) is 0 Å².